The Morgan fingerprint density at radius 2 is 1.74 bits per heavy atom. The molecule has 1 aliphatic carbocycles. The highest BCUT2D eigenvalue weighted by Gasteiger charge is 2.37. The fourth-order valence-corrected chi connectivity index (χ4v) is 5.49. The summed E-state index contributed by atoms with van der Waals surface area (Å²) in [5, 5.41) is -0.134. The predicted octanol–water partition coefficient (Wildman–Crippen LogP) is 4.64. The van der Waals surface area contributed by atoms with Gasteiger partial charge in [0.25, 0.3) is 0 Å². The number of likely N-dealkylation sites (tertiary alicyclic amines) is 1. The van der Waals surface area contributed by atoms with Gasteiger partial charge in [0.2, 0.25) is 11.8 Å². The maximum Gasteiger partial charge on any atom is 0.410 e. The highest BCUT2D eigenvalue weighted by Crippen LogP contribution is 2.37. The fraction of sp³-hybridized carbons (Fsp3) is 0.522. The van der Waals surface area contributed by atoms with Gasteiger partial charge >= 0.3 is 6.09 Å². The number of aromatic nitrogens is 2. The summed E-state index contributed by atoms with van der Waals surface area (Å²) in [6.45, 7) is 6.58. The molecule has 1 aromatic heterocycles. The van der Waals surface area contributed by atoms with Crippen LogP contribution in [0.1, 0.15) is 46.5 Å². The largest absolute Gasteiger partial charge is 0.474 e. The maximum absolute atomic E-state index is 12.4. The lowest BCUT2D eigenvalue weighted by Crippen LogP contribution is -2.44. The van der Waals surface area contributed by atoms with Crippen LogP contribution in [0.25, 0.3) is 0 Å². The molecule has 0 bridgehead atoms. The summed E-state index contributed by atoms with van der Waals surface area (Å²) < 4.78 is 41.9. The number of hydrogen-bond donors (Lipinski definition) is 0. The van der Waals surface area contributed by atoms with E-state index in [0.717, 1.165) is 0 Å². The molecule has 0 radical (unpaired) electrons. The Morgan fingerprint density at radius 1 is 1.06 bits per heavy atom. The number of halogens is 1. The van der Waals surface area contributed by atoms with Crippen LogP contribution in [-0.4, -0.2) is 59.4 Å². The lowest BCUT2D eigenvalue weighted by atomic mass is 10.1. The van der Waals surface area contributed by atoms with Crippen LogP contribution in [0.3, 0.4) is 0 Å². The lowest BCUT2D eigenvalue weighted by Gasteiger charge is -2.33. The van der Waals surface area contributed by atoms with Gasteiger partial charge in [0.15, 0.2) is 9.84 Å². The molecule has 11 heteroatoms. The van der Waals surface area contributed by atoms with Crippen LogP contribution in [0.15, 0.2) is 35.5 Å². The molecule has 4 rings (SSSR count). The van der Waals surface area contributed by atoms with Crippen molar-refractivity contribution in [2.75, 3.05) is 13.1 Å². The molecule has 1 aromatic carbocycles. The van der Waals surface area contributed by atoms with Crippen molar-refractivity contribution in [2.45, 2.75) is 68.3 Å². The van der Waals surface area contributed by atoms with Crippen LogP contribution in [0.4, 0.5) is 4.79 Å². The molecule has 2 aromatic rings. The molecule has 184 valence electrons. The molecule has 0 spiro atoms. The number of carbonyl (C=O) groups is 1. The lowest BCUT2D eigenvalue weighted by molar-refractivity contribution is 0.0123. The van der Waals surface area contributed by atoms with Gasteiger partial charge in [-0.1, -0.05) is 11.6 Å². The van der Waals surface area contributed by atoms with Crippen LogP contribution in [-0.2, 0) is 14.6 Å². The molecular weight excluding hydrogens is 482 g/mol. The Bertz CT molecular complexity index is 1160. The predicted molar refractivity (Wildman–Crippen MR) is 125 cm³/mol. The summed E-state index contributed by atoms with van der Waals surface area (Å²) in [6, 6.07) is 5.96. The van der Waals surface area contributed by atoms with Crippen LogP contribution in [0, 0.1) is 0 Å². The van der Waals surface area contributed by atoms with Crippen molar-refractivity contribution >= 4 is 27.5 Å². The Labute approximate surface area is 204 Å². The Morgan fingerprint density at radius 3 is 2.35 bits per heavy atom. The summed E-state index contributed by atoms with van der Waals surface area (Å²) in [7, 11) is -3.34. The number of benzene rings is 1. The highest BCUT2D eigenvalue weighted by molar-refractivity contribution is 7.92. The molecule has 1 saturated carbocycles. The van der Waals surface area contributed by atoms with Crippen LogP contribution >= 0.6 is 11.6 Å². The summed E-state index contributed by atoms with van der Waals surface area (Å²) in [4.78, 5) is 22.3. The summed E-state index contributed by atoms with van der Waals surface area (Å²) in [5.74, 6) is 0.840. The first-order valence-electron chi connectivity index (χ1n) is 11.2. The van der Waals surface area contributed by atoms with Crippen LogP contribution in [0.2, 0.25) is 5.02 Å². The van der Waals surface area contributed by atoms with Crippen molar-refractivity contribution in [3.8, 4) is 17.5 Å². The van der Waals surface area contributed by atoms with E-state index in [9.17, 15) is 13.2 Å². The third-order valence-electron chi connectivity index (χ3n) is 5.41. The minimum Gasteiger partial charge on any atom is -0.474 e. The van der Waals surface area contributed by atoms with E-state index in [1.165, 1.54) is 24.5 Å². The minimum absolute atomic E-state index is 0.114. The van der Waals surface area contributed by atoms with E-state index in [1.807, 2.05) is 20.8 Å². The van der Waals surface area contributed by atoms with Crippen molar-refractivity contribution in [3.63, 3.8) is 0 Å². The SMILES string of the molecule is CC(C)(C)OC(=O)N1CCC(Oc2cc(Oc3ccc(S(=O)(=O)C4CC4)cc3Cl)ncn2)CC1. The van der Waals surface area contributed by atoms with Gasteiger partial charge in [-0.3, -0.25) is 0 Å². The number of amides is 1. The molecule has 9 nitrogen and oxygen atoms in total. The first-order chi connectivity index (χ1) is 16.0. The van der Waals surface area contributed by atoms with Gasteiger partial charge in [0.05, 0.1) is 21.2 Å². The number of piperidine rings is 1. The number of rotatable bonds is 6. The molecule has 0 unspecified atom stereocenters. The van der Waals surface area contributed by atoms with Crippen molar-refractivity contribution in [1.29, 1.82) is 0 Å². The van der Waals surface area contributed by atoms with Crippen molar-refractivity contribution in [3.05, 3.63) is 35.6 Å². The monoisotopic (exact) mass is 509 g/mol. The van der Waals surface area contributed by atoms with Crippen molar-refractivity contribution < 1.29 is 27.4 Å². The first-order valence-corrected chi connectivity index (χ1v) is 13.1. The number of hydrogen-bond acceptors (Lipinski definition) is 8. The number of sulfone groups is 1. The number of carbonyl (C=O) groups excluding carboxylic acids is 1. The number of nitrogens with zero attached hydrogens (tertiary/aromatic N) is 3. The summed E-state index contributed by atoms with van der Waals surface area (Å²) in [5.41, 5.74) is -0.531. The molecule has 0 atom stereocenters. The van der Waals surface area contributed by atoms with E-state index >= 15 is 0 Å². The Kier molecular flexibility index (Phi) is 6.91. The summed E-state index contributed by atoms with van der Waals surface area (Å²) >= 11 is 6.28. The normalized spacial score (nSPS) is 17.4. The first kappa shape index (κ1) is 24.5. The zero-order chi connectivity index (χ0) is 24.5. The van der Waals surface area contributed by atoms with E-state index in [-0.39, 0.29) is 39.0 Å². The van der Waals surface area contributed by atoms with Gasteiger partial charge in [-0.15, -0.1) is 0 Å². The molecule has 1 aliphatic heterocycles. The Balaban J connectivity index is 1.35. The molecule has 2 fully saturated rings. The standard InChI is InChI=1S/C23H28ClN3O6S/c1-23(2,3)33-22(28)27-10-8-15(9-11-27)31-20-13-21(26-14-25-20)32-19-7-6-17(12-18(19)24)34(29,30)16-4-5-16/h6-7,12-16H,4-5,8-11H2,1-3H3. The summed E-state index contributed by atoms with van der Waals surface area (Å²) in [6.07, 6.45) is 3.53. The van der Waals surface area contributed by atoms with E-state index in [4.69, 9.17) is 25.8 Å². The average molecular weight is 510 g/mol. The van der Waals surface area contributed by atoms with Gasteiger partial charge in [-0.25, -0.2) is 23.2 Å². The highest BCUT2D eigenvalue weighted by atomic mass is 35.5. The zero-order valence-electron chi connectivity index (χ0n) is 19.4. The van der Waals surface area contributed by atoms with Gasteiger partial charge < -0.3 is 19.1 Å². The van der Waals surface area contributed by atoms with Gasteiger partial charge in [-0.05, 0) is 51.8 Å². The van der Waals surface area contributed by atoms with Crippen LogP contribution in [0.5, 0.6) is 17.5 Å². The second kappa shape index (κ2) is 9.58. The fourth-order valence-electron chi connectivity index (χ4n) is 3.52. The molecule has 2 heterocycles. The van der Waals surface area contributed by atoms with Crippen molar-refractivity contribution in [1.82, 2.24) is 14.9 Å². The molecule has 34 heavy (non-hydrogen) atoms. The molecular formula is C23H28ClN3O6S. The van der Waals surface area contributed by atoms with Gasteiger partial charge in [0.1, 0.15) is 23.8 Å². The van der Waals surface area contributed by atoms with Crippen LogP contribution < -0.4 is 9.47 Å². The van der Waals surface area contributed by atoms with Gasteiger partial charge in [0, 0.05) is 25.9 Å². The maximum atomic E-state index is 12.4. The van der Waals surface area contributed by atoms with E-state index < -0.39 is 15.4 Å². The second-order valence-electron chi connectivity index (χ2n) is 9.42. The zero-order valence-corrected chi connectivity index (χ0v) is 20.9. The molecule has 2 aliphatic rings. The van der Waals surface area contributed by atoms with E-state index in [0.29, 0.717) is 44.7 Å². The smallest absolute Gasteiger partial charge is 0.410 e. The van der Waals surface area contributed by atoms with Crippen molar-refractivity contribution in [2.24, 2.45) is 0 Å². The molecule has 1 amide bonds. The minimum atomic E-state index is -3.34. The second-order valence-corrected chi connectivity index (χ2v) is 12.1. The third kappa shape index (κ3) is 6.09. The van der Waals surface area contributed by atoms with E-state index in [1.54, 1.807) is 11.0 Å². The van der Waals surface area contributed by atoms with E-state index in [2.05, 4.69) is 9.97 Å². The topological polar surface area (TPSA) is 108 Å². The quantitative estimate of drug-likeness (QED) is 0.554. The Hall–Kier alpha value is -2.59. The molecule has 0 N–H and O–H groups in total. The van der Waals surface area contributed by atoms with Gasteiger partial charge in [-0.2, -0.15) is 0 Å². The average Bonchev–Trinajstić information content (AvgIpc) is 3.61. The number of ether oxygens (including phenoxy) is 3. The third-order valence-corrected chi connectivity index (χ3v) is 7.96. The molecule has 1 saturated heterocycles.